The van der Waals surface area contributed by atoms with Gasteiger partial charge in [0.1, 0.15) is 11.3 Å². The number of fused-ring (bicyclic) bond motifs is 1. The molecule has 150 valence electrons. The fourth-order valence-corrected chi connectivity index (χ4v) is 3.09. The van der Waals surface area contributed by atoms with E-state index in [0.29, 0.717) is 23.7 Å². The maximum Gasteiger partial charge on any atom is 0.257 e. The Kier molecular flexibility index (Phi) is 5.72. The molecule has 2 N–H and O–H groups in total. The molecule has 0 radical (unpaired) electrons. The van der Waals surface area contributed by atoms with Crippen molar-refractivity contribution in [3.8, 4) is 17.2 Å². The highest BCUT2D eigenvalue weighted by Crippen LogP contribution is 2.24. The van der Waals surface area contributed by atoms with Gasteiger partial charge >= 0.3 is 0 Å². The lowest BCUT2D eigenvalue weighted by Gasteiger charge is -2.10. The number of hydrogen-bond donors (Lipinski definition) is 2. The monoisotopic (exact) mass is 417 g/mol. The largest absolute Gasteiger partial charge is 0.497 e. The molecule has 0 unspecified atom stereocenters. The predicted octanol–water partition coefficient (Wildman–Crippen LogP) is 4.31. The number of para-hydroxylation sites is 2. The molecule has 0 aliphatic heterocycles. The molecule has 3 aromatic carbocycles. The van der Waals surface area contributed by atoms with Crippen molar-refractivity contribution < 1.29 is 13.9 Å². The van der Waals surface area contributed by atoms with E-state index in [1.165, 1.54) is 0 Å². The average Bonchev–Trinajstić information content (AvgIpc) is 3.22. The Morgan fingerprint density at radius 1 is 1.07 bits per heavy atom. The Labute approximate surface area is 178 Å². The molecule has 0 saturated carbocycles. The Morgan fingerprint density at radius 2 is 1.87 bits per heavy atom. The van der Waals surface area contributed by atoms with Crippen molar-refractivity contribution in [2.75, 3.05) is 7.11 Å². The molecule has 1 aromatic heterocycles. The second-order valence-corrected chi connectivity index (χ2v) is 6.96. The minimum atomic E-state index is -0.294. The molecule has 7 heteroatoms. The Hall–Kier alpha value is -3.71. The molecule has 1 amide bonds. The molecule has 0 atom stereocenters. The maximum absolute atomic E-state index is 12.3. The van der Waals surface area contributed by atoms with Crippen LogP contribution in [0, 0.1) is 0 Å². The number of carbonyl (C=O) groups excluding carboxylic acids is 1. The van der Waals surface area contributed by atoms with E-state index in [-0.39, 0.29) is 11.0 Å². The first-order chi connectivity index (χ1) is 14.6. The number of ether oxygens (including phenoxy) is 1. The number of amides is 1. The van der Waals surface area contributed by atoms with Gasteiger partial charge < -0.3 is 14.5 Å². The molecule has 4 rings (SSSR count). The lowest BCUT2D eigenvalue weighted by atomic mass is 10.1. The number of nitrogens with zero attached hydrogens (tertiary/aromatic N) is 1. The highest BCUT2D eigenvalue weighted by atomic mass is 32.1. The van der Waals surface area contributed by atoms with Crippen LogP contribution in [0.25, 0.3) is 22.6 Å². The second-order valence-electron chi connectivity index (χ2n) is 6.55. The number of aromatic nitrogens is 1. The zero-order valence-electron chi connectivity index (χ0n) is 16.2. The predicted molar refractivity (Wildman–Crippen MR) is 119 cm³/mol. The molecule has 6 nitrogen and oxygen atoms in total. The summed E-state index contributed by atoms with van der Waals surface area (Å²) in [7, 11) is 1.55. The van der Waals surface area contributed by atoms with Gasteiger partial charge in [0.2, 0.25) is 5.89 Å². The number of carbonyl (C=O) groups is 1. The van der Waals surface area contributed by atoms with Crippen molar-refractivity contribution in [3.05, 3.63) is 83.9 Å². The zero-order chi connectivity index (χ0) is 20.9. The number of thiocarbonyl (C=S) groups is 1. The van der Waals surface area contributed by atoms with Gasteiger partial charge in [-0.05, 0) is 60.2 Å². The molecule has 0 bridgehead atoms. The SMILES string of the molecule is COc1cccc(C(=O)NC(=S)NCc2ccc(-c3nc4ccccc4o3)cc2)c1. The summed E-state index contributed by atoms with van der Waals surface area (Å²) in [4.78, 5) is 16.8. The summed E-state index contributed by atoms with van der Waals surface area (Å²) >= 11 is 5.23. The molecule has 4 aromatic rings. The van der Waals surface area contributed by atoms with Crippen LogP contribution in [0.5, 0.6) is 5.75 Å². The van der Waals surface area contributed by atoms with E-state index < -0.39 is 0 Å². The summed E-state index contributed by atoms with van der Waals surface area (Å²) in [5.74, 6) is 0.898. The van der Waals surface area contributed by atoms with Crippen LogP contribution in [-0.4, -0.2) is 23.1 Å². The Bertz CT molecular complexity index is 1170. The van der Waals surface area contributed by atoms with E-state index in [2.05, 4.69) is 15.6 Å². The third-order valence-corrected chi connectivity index (χ3v) is 4.75. The summed E-state index contributed by atoms with van der Waals surface area (Å²) in [6.45, 7) is 0.477. The number of benzene rings is 3. The quantitative estimate of drug-likeness (QED) is 0.472. The smallest absolute Gasteiger partial charge is 0.257 e. The first-order valence-corrected chi connectivity index (χ1v) is 9.71. The van der Waals surface area contributed by atoms with Gasteiger partial charge in [0.25, 0.3) is 5.91 Å². The molecule has 0 saturated heterocycles. The van der Waals surface area contributed by atoms with Crippen LogP contribution in [-0.2, 0) is 6.54 Å². The van der Waals surface area contributed by atoms with Gasteiger partial charge in [-0.1, -0.05) is 30.3 Å². The van der Waals surface area contributed by atoms with Crippen LogP contribution in [0.3, 0.4) is 0 Å². The van der Waals surface area contributed by atoms with Crippen LogP contribution >= 0.6 is 12.2 Å². The average molecular weight is 417 g/mol. The Balaban J connectivity index is 1.34. The van der Waals surface area contributed by atoms with E-state index in [9.17, 15) is 4.79 Å². The van der Waals surface area contributed by atoms with Crippen LogP contribution < -0.4 is 15.4 Å². The molecule has 0 fully saturated rings. The summed E-state index contributed by atoms with van der Waals surface area (Å²) in [5.41, 5.74) is 3.96. The standard InChI is InChI=1S/C23H19N3O3S/c1-28-18-6-4-5-17(13-18)21(27)26-23(30)24-14-15-9-11-16(12-10-15)22-25-19-7-2-3-8-20(19)29-22/h2-13H,14H2,1H3,(H2,24,26,27,30). The van der Waals surface area contributed by atoms with E-state index in [1.54, 1.807) is 31.4 Å². The van der Waals surface area contributed by atoms with Gasteiger partial charge in [-0.15, -0.1) is 0 Å². The fourth-order valence-electron chi connectivity index (χ4n) is 2.93. The number of hydrogen-bond acceptors (Lipinski definition) is 5. The van der Waals surface area contributed by atoms with Crippen LogP contribution in [0.4, 0.5) is 0 Å². The summed E-state index contributed by atoms with van der Waals surface area (Å²) in [6.07, 6.45) is 0. The van der Waals surface area contributed by atoms with Crippen LogP contribution in [0.15, 0.2) is 77.2 Å². The fraction of sp³-hybridized carbons (Fsp3) is 0.0870. The second kappa shape index (κ2) is 8.75. The van der Waals surface area contributed by atoms with Gasteiger partial charge in [-0.2, -0.15) is 0 Å². The molecule has 30 heavy (non-hydrogen) atoms. The summed E-state index contributed by atoms with van der Waals surface area (Å²) in [5, 5.41) is 5.96. The lowest BCUT2D eigenvalue weighted by molar-refractivity contribution is 0.0976. The molecular weight excluding hydrogens is 398 g/mol. The van der Waals surface area contributed by atoms with Crippen molar-refractivity contribution in [3.63, 3.8) is 0 Å². The van der Waals surface area contributed by atoms with Gasteiger partial charge in [-0.3, -0.25) is 10.1 Å². The summed E-state index contributed by atoms with van der Waals surface area (Å²) in [6, 6.07) is 22.4. The van der Waals surface area contributed by atoms with E-state index >= 15 is 0 Å². The van der Waals surface area contributed by atoms with Crippen molar-refractivity contribution in [2.24, 2.45) is 0 Å². The maximum atomic E-state index is 12.3. The van der Waals surface area contributed by atoms with Crippen LogP contribution in [0.1, 0.15) is 15.9 Å². The molecular formula is C23H19N3O3S. The minimum absolute atomic E-state index is 0.255. The first-order valence-electron chi connectivity index (χ1n) is 9.30. The van der Waals surface area contributed by atoms with Crippen molar-refractivity contribution >= 4 is 34.3 Å². The number of nitrogens with one attached hydrogen (secondary N) is 2. The molecule has 0 aliphatic carbocycles. The van der Waals surface area contributed by atoms with E-state index in [0.717, 1.165) is 22.2 Å². The van der Waals surface area contributed by atoms with Gasteiger partial charge in [0.05, 0.1) is 7.11 Å². The molecule has 0 aliphatic rings. The zero-order valence-corrected chi connectivity index (χ0v) is 17.0. The van der Waals surface area contributed by atoms with Gasteiger partial charge in [0, 0.05) is 17.7 Å². The highest BCUT2D eigenvalue weighted by Gasteiger charge is 2.10. The van der Waals surface area contributed by atoms with Crippen molar-refractivity contribution in [1.29, 1.82) is 0 Å². The topological polar surface area (TPSA) is 76.4 Å². The van der Waals surface area contributed by atoms with Gasteiger partial charge in [-0.25, -0.2) is 4.98 Å². The molecule has 1 heterocycles. The highest BCUT2D eigenvalue weighted by molar-refractivity contribution is 7.80. The summed E-state index contributed by atoms with van der Waals surface area (Å²) < 4.78 is 10.9. The number of methoxy groups -OCH3 is 1. The normalized spacial score (nSPS) is 10.6. The third kappa shape index (κ3) is 4.47. The van der Waals surface area contributed by atoms with Gasteiger partial charge in [0.15, 0.2) is 10.7 Å². The third-order valence-electron chi connectivity index (χ3n) is 4.51. The van der Waals surface area contributed by atoms with E-state index in [1.807, 2.05) is 48.5 Å². The number of oxazole rings is 1. The first kappa shape index (κ1) is 19.6. The molecule has 0 spiro atoms. The van der Waals surface area contributed by atoms with Crippen molar-refractivity contribution in [2.45, 2.75) is 6.54 Å². The lowest BCUT2D eigenvalue weighted by Crippen LogP contribution is -2.38. The minimum Gasteiger partial charge on any atom is -0.497 e. The van der Waals surface area contributed by atoms with Crippen molar-refractivity contribution in [1.82, 2.24) is 15.6 Å². The Morgan fingerprint density at radius 3 is 2.63 bits per heavy atom. The van der Waals surface area contributed by atoms with E-state index in [4.69, 9.17) is 21.4 Å². The number of rotatable bonds is 5. The van der Waals surface area contributed by atoms with Crippen LogP contribution in [0.2, 0.25) is 0 Å².